The molecule has 0 bridgehead atoms. The van der Waals surface area contributed by atoms with Crippen molar-refractivity contribution in [1.82, 2.24) is 0 Å². The molecular formula is C12H12F2O2. The van der Waals surface area contributed by atoms with Crippen LogP contribution in [-0.4, -0.2) is 11.1 Å². The molecule has 1 N–H and O–H groups in total. The number of aliphatic carboxylic acids is 1. The van der Waals surface area contributed by atoms with Crippen molar-refractivity contribution in [3.05, 3.63) is 41.5 Å². The molecule has 1 aromatic carbocycles. The SMILES string of the molecule is C/C(=C\CCC(=O)O)c1cc(F)cc(F)c1. The summed E-state index contributed by atoms with van der Waals surface area (Å²) in [4.78, 5) is 10.3. The molecule has 0 fully saturated rings. The van der Waals surface area contributed by atoms with Crippen LogP contribution in [0.4, 0.5) is 8.78 Å². The average molecular weight is 226 g/mol. The van der Waals surface area contributed by atoms with Gasteiger partial charge in [-0.1, -0.05) is 6.08 Å². The maximum Gasteiger partial charge on any atom is 0.303 e. The summed E-state index contributed by atoms with van der Waals surface area (Å²) < 4.78 is 25.8. The first kappa shape index (κ1) is 12.4. The molecule has 86 valence electrons. The molecule has 0 aliphatic carbocycles. The second-order valence-electron chi connectivity index (χ2n) is 3.48. The summed E-state index contributed by atoms with van der Waals surface area (Å²) in [6.07, 6.45) is 2.01. The van der Waals surface area contributed by atoms with E-state index in [2.05, 4.69) is 0 Å². The molecule has 0 spiro atoms. The summed E-state index contributed by atoms with van der Waals surface area (Å²) in [5.74, 6) is -2.17. The molecule has 2 nitrogen and oxygen atoms in total. The molecule has 0 unspecified atom stereocenters. The molecule has 1 rings (SSSR count). The third-order valence-corrected chi connectivity index (χ3v) is 2.13. The summed E-state index contributed by atoms with van der Waals surface area (Å²) in [6.45, 7) is 1.69. The van der Waals surface area contributed by atoms with Gasteiger partial charge in [0, 0.05) is 12.5 Å². The van der Waals surface area contributed by atoms with Gasteiger partial charge in [0.2, 0.25) is 0 Å². The Labute approximate surface area is 92.2 Å². The molecule has 1 aromatic rings. The van der Waals surface area contributed by atoms with Gasteiger partial charge in [-0.25, -0.2) is 8.78 Å². The monoisotopic (exact) mass is 226 g/mol. The summed E-state index contributed by atoms with van der Waals surface area (Å²) in [7, 11) is 0. The van der Waals surface area contributed by atoms with E-state index in [4.69, 9.17) is 5.11 Å². The van der Waals surface area contributed by atoms with Crippen LogP contribution in [-0.2, 0) is 4.79 Å². The van der Waals surface area contributed by atoms with E-state index in [0.717, 1.165) is 6.07 Å². The van der Waals surface area contributed by atoms with Crippen LogP contribution in [0.15, 0.2) is 24.3 Å². The second kappa shape index (κ2) is 5.39. The normalized spacial score (nSPS) is 11.6. The first-order valence-electron chi connectivity index (χ1n) is 4.84. The maximum absolute atomic E-state index is 12.9. The van der Waals surface area contributed by atoms with E-state index >= 15 is 0 Å². The summed E-state index contributed by atoms with van der Waals surface area (Å²) >= 11 is 0. The molecule has 0 aromatic heterocycles. The van der Waals surface area contributed by atoms with Crippen molar-refractivity contribution >= 4 is 11.5 Å². The zero-order valence-electron chi connectivity index (χ0n) is 8.84. The number of rotatable bonds is 4. The zero-order valence-corrected chi connectivity index (χ0v) is 8.84. The third-order valence-electron chi connectivity index (χ3n) is 2.13. The molecule has 0 aliphatic rings. The van der Waals surface area contributed by atoms with Crippen LogP contribution in [0.25, 0.3) is 5.57 Å². The standard InChI is InChI=1S/C12H12F2O2/c1-8(3-2-4-12(15)16)9-5-10(13)7-11(14)6-9/h3,5-7H,2,4H2,1H3,(H,15,16)/b8-3+. The van der Waals surface area contributed by atoms with Gasteiger partial charge < -0.3 is 5.11 Å². The van der Waals surface area contributed by atoms with Gasteiger partial charge >= 0.3 is 5.97 Å². The highest BCUT2D eigenvalue weighted by atomic mass is 19.1. The highest BCUT2D eigenvalue weighted by molar-refractivity contribution is 5.68. The summed E-state index contributed by atoms with van der Waals surface area (Å²) in [5.41, 5.74) is 1.10. The van der Waals surface area contributed by atoms with E-state index in [-0.39, 0.29) is 6.42 Å². The minimum absolute atomic E-state index is 0.00907. The van der Waals surface area contributed by atoms with Crippen molar-refractivity contribution in [2.45, 2.75) is 19.8 Å². The van der Waals surface area contributed by atoms with Gasteiger partial charge in [-0.15, -0.1) is 0 Å². The van der Waals surface area contributed by atoms with Gasteiger partial charge in [0.25, 0.3) is 0 Å². The van der Waals surface area contributed by atoms with Crippen molar-refractivity contribution in [2.75, 3.05) is 0 Å². The Morgan fingerprint density at radius 2 is 1.88 bits per heavy atom. The fourth-order valence-electron chi connectivity index (χ4n) is 1.31. The van der Waals surface area contributed by atoms with E-state index in [1.54, 1.807) is 13.0 Å². The molecule has 0 saturated heterocycles. The fourth-order valence-corrected chi connectivity index (χ4v) is 1.31. The van der Waals surface area contributed by atoms with Crippen molar-refractivity contribution < 1.29 is 18.7 Å². The smallest absolute Gasteiger partial charge is 0.303 e. The quantitative estimate of drug-likeness (QED) is 0.855. The largest absolute Gasteiger partial charge is 0.481 e. The van der Waals surface area contributed by atoms with Crippen LogP contribution in [0.3, 0.4) is 0 Å². The Morgan fingerprint density at radius 1 is 1.31 bits per heavy atom. The number of carboxylic acid groups (broad SMARTS) is 1. The lowest BCUT2D eigenvalue weighted by Gasteiger charge is -2.02. The van der Waals surface area contributed by atoms with Crippen LogP contribution < -0.4 is 0 Å². The lowest BCUT2D eigenvalue weighted by atomic mass is 10.1. The van der Waals surface area contributed by atoms with Crippen molar-refractivity contribution in [1.29, 1.82) is 0 Å². The van der Waals surface area contributed by atoms with Gasteiger partial charge in [-0.05, 0) is 36.6 Å². The number of benzene rings is 1. The first-order chi connectivity index (χ1) is 7.49. The molecular weight excluding hydrogens is 214 g/mol. The number of allylic oxidation sites excluding steroid dienone is 2. The van der Waals surface area contributed by atoms with E-state index in [9.17, 15) is 13.6 Å². The van der Waals surface area contributed by atoms with E-state index in [1.807, 2.05) is 0 Å². The van der Waals surface area contributed by atoms with Crippen LogP contribution in [0.2, 0.25) is 0 Å². The lowest BCUT2D eigenvalue weighted by Crippen LogP contribution is -1.92. The number of halogens is 2. The van der Waals surface area contributed by atoms with Crippen LogP contribution in [0.5, 0.6) is 0 Å². The Hall–Kier alpha value is -1.71. The molecule has 0 saturated carbocycles. The van der Waals surface area contributed by atoms with Crippen LogP contribution in [0, 0.1) is 11.6 Å². The van der Waals surface area contributed by atoms with E-state index < -0.39 is 17.6 Å². The minimum atomic E-state index is -0.894. The Kier molecular flexibility index (Phi) is 4.17. The first-order valence-corrected chi connectivity index (χ1v) is 4.84. The average Bonchev–Trinajstić information content (AvgIpc) is 2.15. The van der Waals surface area contributed by atoms with E-state index in [1.165, 1.54) is 12.1 Å². The number of hydrogen-bond acceptors (Lipinski definition) is 1. The van der Waals surface area contributed by atoms with Gasteiger partial charge in [-0.2, -0.15) is 0 Å². The fraction of sp³-hybridized carbons (Fsp3) is 0.250. The number of carboxylic acids is 1. The molecule has 0 heterocycles. The summed E-state index contributed by atoms with van der Waals surface area (Å²) in [5, 5.41) is 8.44. The molecule has 0 atom stereocenters. The second-order valence-corrected chi connectivity index (χ2v) is 3.48. The zero-order chi connectivity index (χ0) is 12.1. The maximum atomic E-state index is 12.9. The van der Waals surface area contributed by atoms with Crippen LogP contribution in [0.1, 0.15) is 25.3 Å². The molecule has 0 aliphatic heterocycles. The van der Waals surface area contributed by atoms with Gasteiger partial charge in [-0.3, -0.25) is 4.79 Å². The van der Waals surface area contributed by atoms with Crippen molar-refractivity contribution in [3.8, 4) is 0 Å². The Morgan fingerprint density at radius 3 is 2.38 bits per heavy atom. The molecule has 0 radical (unpaired) electrons. The summed E-state index contributed by atoms with van der Waals surface area (Å²) in [6, 6.07) is 3.24. The lowest BCUT2D eigenvalue weighted by molar-refractivity contribution is -0.136. The van der Waals surface area contributed by atoms with Gasteiger partial charge in [0.05, 0.1) is 0 Å². The van der Waals surface area contributed by atoms with E-state index in [0.29, 0.717) is 17.6 Å². The van der Waals surface area contributed by atoms with Gasteiger partial charge in [0.15, 0.2) is 0 Å². The van der Waals surface area contributed by atoms with Crippen molar-refractivity contribution in [2.24, 2.45) is 0 Å². The molecule has 0 amide bonds. The highest BCUT2D eigenvalue weighted by Crippen LogP contribution is 2.17. The highest BCUT2D eigenvalue weighted by Gasteiger charge is 2.02. The topological polar surface area (TPSA) is 37.3 Å². The third kappa shape index (κ3) is 3.81. The number of carbonyl (C=O) groups is 1. The van der Waals surface area contributed by atoms with Crippen LogP contribution >= 0.6 is 0 Å². The Bertz CT molecular complexity index is 405. The number of hydrogen-bond donors (Lipinski definition) is 1. The Balaban J connectivity index is 2.79. The predicted molar refractivity (Wildman–Crippen MR) is 56.9 cm³/mol. The predicted octanol–water partition coefficient (Wildman–Crippen LogP) is 3.23. The molecule has 16 heavy (non-hydrogen) atoms. The van der Waals surface area contributed by atoms with Crippen molar-refractivity contribution in [3.63, 3.8) is 0 Å². The minimum Gasteiger partial charge on any atom is -0.481 e. The molecule has 4 heteroatoms. The van der Waals surface area contributed by atoms with Gasteiger partial charge in [0.1, 0.15) is 11.6 Å².